The predicted octanol–water partition coefficient (Wildman–Crippen LogP) is 3.84. The number of carbonyl (C=O) groups is 1. The SMILES string of the molecule is CC.N#C[Se]Cc1ccc(C(=O)N2CCCC(Nc3ccc4c(c3)OCO4)C2)cc1. The van der Waals surface area contributed by atoms with Crippen molar-refractivity contribution in [1.82, 2.24) is 4.90 Å². The van der Waals surface area contributed by atoms with Crippen molar-refractivity contribution in [2.45, 2.75) is 38.1 Å². The van der Waals surface area contributed by atoms with E-state index in [0.29, 0.717) is 12.1 Å². The Bertz CT molecular complexity index is 896. The van der Waals surface area contributed by atoms with E-state index in [1.165, 1.54) is 0 Å². The summed E-state index contributed by atoms with van der Waals surface area (Å²) in [7, 11) is 0. The van der Waals surface area contributed by atoms with Crippen LogP contribution < -0.4 is 14.8 Å². The Kier molecular flexibility index (Phi) is 8.01. The van der Waals surface area contributed by atoms with Gasteiger partial charge in [0, 0.05) is 0 Å². The molecular formula is C23H27N3O3Se. The van der Waals surface area contributed by atoms with E-state index in [1.807, 2.05) is 61.2 Å². The van der Waals surface area contributed by atoms with E-state index in [-0.39, 0.29) is 33.7 Å². The Morgan fingerprint density at radius 3 is 2.73 bits per heavy atom. The molecule has 0 radical (unpaired) electrons. The molecule has 2 aliphatic rings. The van der Waals surface area contributed by atoms with Gasteiger partial charge in [0.2, 0.25) is 6.79 Å². The van der Waals surface area contributed by atoms with Crippen LogP contribution in [0.15, 0.2) is 42.5 Å². The molecule has 2 aromatic rings. The first kappa shape index (κ1) is 22.0. The third-order valence-electron chi connectivity index (χ3n) is 4.96. The molecule has 30 heavy (non-hydrogen) atoms. The predicted molar refractivity (Wildman–Crippen MR) is 118 cm³/mol. The van der Waals surface area contributed by atoms with Gasteiger partial charge in [0.1, 0.15) is 0 Å². The van der Waals surface area contributed by atoms with E-state index >= 15 is 0 Å². The zero-order valence-corrected chi connectivity index (χ0v) is 19.1. The van der Waals surface area contributed by atoms with Crippen LogP contribution in [0.3, 0.4) is 0 Å². The zero-order valence-electron chi connectivity index (χ0n) is 17.4. The standard InChI is InChI=1S/C21H21N3O3Se.C2H6/c22-13-28-12-15-3-5-16(6-4-15)21(25)24-9-1-2-18(11-24)23-17-7-8-19-20(10-17)27-14-26-19;1-2/h3-8,10,18,23H,1-2,9,11-12,14H2;1-2H3. The number of nitrogens with zero attached hydrogens (tertiary/aromatic N) is 2. The molecule has 1 N–H and O–H groups in total. The van der Waals surface area contributed by atoms with E-state index in [0.717, 1.165) is 47.5 Å². The number of hydrogen-bond donors (Lipinski definition) is 1. The van der Waals surface area contributed by atoms with Crippen LogP contribution in [-0.4, -0.2) is 51.7 Å². The number of likely N-dealkylation sites (tertiary alicyclic amines) is 1. The minimum atomic E-state index is -0.0357. The van der Waals surface area contributed by atoms with Crippen LogP contribution >= 0.6 is 0 Å². The Hall–Kier alpha value is -2.68. The molecule has 0 aromatic heterocycles. The number of hydrogen-bond acceptors (Lipinski definition) is 5. The van der Waals surface area contributed by atoms with Crippen molar-refractivity contribution in [3.63, 3.8) is 0 Å². The van der Waals surface area contributed by atoms with Crippen LogP contribution in [0.2, 0.25) is 0 Å². The van der Waals surface area contributed by atoms with Gasteiger partial charge in [-0.05, 0) is 6.07 Å². The molecule has 2 aromatic carbocycles. The third-order valence-corrected chi connectivity index (χ3v) is 6.23. The van der Waals surface area contributed by atoms with Crippen LogP contribution in [-0.2, 0) is 5.32 Å². The fourth-order valence-corrected chi connectivity index (χ4v) is 4.43. The first-order valence-electron chi connectivity index (χ1n) is 10.3. The number of nitriles is 1. The molecule has 7 heteroatoms. The van der Waals surface area contributed by atoms with Crippen LogP contribution in [0, 0.1) is 10.2 Å². The first-order valence-corrected chi connectivity index (χ1v) is 12.3. The Morgan fingerprint density at radius 2 is 1.97 bits per heavy atom. The summed E-state index contributed by atoms with van der Waals surface area (Å²) in [6.07, 6.45) is 1.99. The second-order valence-corrected chi connectivity index (χ2v) is 8.47. The summed E-state index contributed by atoms with van der Waals surface area (Å²) < 4.78 is 10.8. The molecule has 2 aliphatic heterocycles. The van der Waals surface area contributed by atoms with Gasteiger partial charge >= 0.3 is 137 Å². The number of nitrogens with one attached hydrogen (secondary N) is 1. The fraction of sp³-hybridized carbons (Fsp3) is 0.391. The van der Waals surface area contributed by atoms with E-state index in [9.17, 15) is 4.79 Å². The molecule has 0 aliphatic carbocycles. The quantitative estimate of drug-likeness (QED) is 0.670. The van der Waals surface area contributed by atoms with Gasteiger partial charge in [0.15, 0.2) is 11.5 Å². The minimum absolute atomic E-state index is 0.0357. The molecule has 4 rings (SSSR count). The number of benzene rings is 2. The molecule has 1 atom stereocenters. The van der Waals surface area contributed by atoms with E-state index in [1.54, 1.807) is 0 Å². The third kappa shape index (κ3) is 5.47. The second-order valence-electron chi connectivity index (χ2n) is 6.88. The number of fused-ring (bicyclic) bond motifs is 1. The molecule has 0 bridgehead atoms. The van der Waals surface area contributed by atoms with Gasteiger partial charge in [0.05, 0.1) is 0 Å². The first-order chi connectivity index (χ1) is 14.7. The Morgan fingerprint density at radius 1 is 1.20 bits per heavy atom. The summed E-state index contributed by atoms with van der Waals surface area (Å²) >= 11 is -0.0357. The molecule has 1 unspecified atom stereocenters. The monoisotopic (exact) mass is 473 g/mol. The molecule has 0 saturated carbocycles. The molecule has 1 amide bonds. The van der Waals surface area contributed by atoms with Gasteiger partial charge in [0.25, 0.3) is 0 Å². The fourth-order valence-electron chi connectivity index (χ4n) is 3.54. The molecule has 158 valence electrons. The summed E-state index contributed by atoms with van der Waals surface area (Å²) in [5, 5.41) is 13.0. The van der Waals surface area contributed by atoms with Crippen LogP contribution in [0.4, 0.5) is 5.69 Å². The van der Waals surface area contributed by atoms with Crippen LogP contribution in [0.5, 0.6) is 11.5 Å². The molecule has 1 saturated heterocycles. The number of amides is 1. The molecule has 2 heterocycles. The number of anilines is 1. The molecule has 1 fully saturated rings. The Balaban J connectivity index is 0.00000124. The number of carbonyl (C=O) groups excluding carboxylic acids is 1. The summed E-state index contributed by atoms with van der Waals surface area (Å²) in [6, 6.07) is 13.7. The maximum atomic E-state index is 12.9. The van der Waals surface area contributed by atoms with Crippen molar-refractivity contribution in [3.8, 4) is 16.5 Å². The van der Waals surface area contributed by atoms with E-state index in [4.69, 9.17) is 14.7 Å². The van der Waals surface area contributed by atoms with Crippen molar-refractivity contribution < 1.29 is 14.3 Å². The van der Waals surface area contributed by atoms with Crippen LogP contribution in [0.1, 0.15) is 42.6 Å². The number of rotatable bonds is 5. The second kappa shape index (κ2) is 10.9. The summed E-state index contributed by atoms with van der Waals surface area (Å²) in [5.41, 5.74) is 2.79. The average Bonchev–Trinajstić information content (AvgIpc) is 3.27. The maximum absolute atomic E-state index is 12.9. The molecule has 6 nitrogen and oxygen atoms in total. The van der Waals surface area contributed by atoms with Crippen molar-refractivity contribution in [2.24, 2.45) is 0 Å². The van der Waals surface area contributed by atoms with Gasteiger partial charge in [-0.15, -0.1) is 0 Å². The zero-order chi connectivity index (χ0) is 21.3. The summed E-state index contributed by atoms with van der Waals surface area (Å²) in [6.45, 7) is 5.71. The molecule has 0 spiro atoms. The number of ether oxygens (including phenoxy) is 2. The summed E-state index contributed by atoms with van der Waals surface area (Å²) in [4.78, 5) is 17.0. The van der Waals surface area contributed by atoms with Crippen LogP contribution in [0.25, 0.3) is 0 Å². The van der Waals surface area contributed by atoms with Gasteiger partial charge in [-0.25, -0.2) is 0 Å². The van der Waals surface area contributed by atoms with Gasteiger partial charge in [-0.2, -0.15) is 0 Å². The van der Waals surface area contributed by atoms with Crippen molar-refractivity contribution in [2.75, 3.05) is 25.2 Å². The average molecular weight is 472 g/mol. The van der Waals surface area contributed by atoms with Crippen molar-refractivity contribution in [1.29, 1.82) is 5.26 Å². The topological polar surface area (TPSA) is 74.6 Å². The van der Waals surface area contributed by atoms with Crippen molar-refractivity contribution >= 4 is 26.6 Å². The van der Waals surface area contributed by atoms with Crippen molar-refractivity contribution in [3.05, 3.63) is 53.6 Å². The normalized spacial score (nSPS) is 16.8. The summed E-state index contributed by atoms with van der Waals surface area (Å²) in [5.74, 6) is 1.59. The van der Waals surface area contributed by atoms with E-state index in [2.05, 4.69) is 10.3 Å². The van der Waals surface area contributed by atoms with Gasteiger partial charge in [-0.3, -0.25) is 0 Å². The number of piperidine rings is 1. The van der Waals surface area contributed by atoms with E-state index < -0.39 is 0 Å². The van der Waals surface area contributed by atoms with Gasteiger partial charge < -0.3 is 9.47 Å². The molecular weight excluding hydrogens is 445 g/mol. The van der Waals surface area contributed by atoms with Gasteiger partial charge in [-0.1, -0.05) is 13.8 Å². The Labute approximate surface area is 184 Å².